The maximum atomic E-state index is 13.6. The van der Waals surface area contributed by atoms with Gasteiger partial charge in [-0.15, -0.1) is 10.2 Å². The van der Waals surface area contributed by atoms with Crippen LogP contribution in [0.4, 0.5) is 19.3 Å². The summed E-state index contributed by atoms with van der Waals surface area (Å²) in [5.74, 6) is -1.74. The van der Waals surface area contributed by atoms with Crippen LogP contribution in [0.1, 0.15) is 19.7 Å². The molecule has 1 heterocycles. The molecule has 0 aliphatic carbocycles. The number of rotatable bonds is 3. The van der Waals surface area contributed by atoms with Gasteiger partial charge in [0, 0.05) is 5.02 Å². The summed E-state index contributed by atoms with van der Waals surface area (Å²) in [5, 5.41) is 17.5. The van der Waals surface area contributed by atoms with Crippen molar-refractivity contribution < 1.29 is 13.6 Å². The van der Waals surface area contributed by atoms with Gasteiger partial charge in [-0.1, -0.05) is 16.8 Å². The topological polar surface area (TPSA) is 95.6 Å². The Morgan fingerprint density at radius 2 is 1.95 bits per heavy atom. The largest absolute Gasteiger partial charge is 0.326 e. The van der Waals surface area contributed by atoms with Gasteiger partial charge in [-0.05, 0) is 26.0 Å². The van der Waals surface area contributed by atoms with Crippen LogP contribution < -0.4 is 10.6 Å². The number of nitrogens with zero attached hydrogens (tertiary/aromatic N) is 3. The maximum Gasteiger partial charge on any atom is 0.320 e. The molecule has 2 aromatic rings. The van der Waals surface area contributed by atoms with Crippen LogP contribution >= 0.6 is 11.6 Å². The molecule has 2 rings (SSSR count). The van der Waals surface area contributed by atoms with E-state index in [1.54, 1.807) is 13.8 Å². The number of aromatic amines is 1. The van der Waals surface area contributed by atoms with E-state index in [4.69, 9.17) is 11.6 Å². The van der Waals surface area contributed by atoms with Crippen LogP contribution in [0, 0.1) is 11.6 Å². The molecule has 7 nitrogen and oxygen atoms in total. The van der Waals surface area contributed by atoms with Crippen molar-refractivity contribution in [2.24, 2.45) is 0 Å². The molecule has 21 heavy (non-hydrogen) atoms. The van der Waals surface area contributed by atoms with E-state index >= 15 is 0 Å². The third-order valence-electron chi connectivity index (χ3n) is 2.58. The third-order valence-corrected chi connectivity index (χ3v) is 2.79. The highest BCUT2D eigenvalue weighted by molar-refractivity contribution is 6.30. The number of carbonyl (C=O) groups excluding carboxylic acids is 1. The molecule has 0 spiro atoms. The highest BCUT2D eigenvalue weighted by Crippen LogP contribution is 2.23. The van der Waals surface area contributed by atoms with Crippen LogP contribution in [-0.4, -0.2) is 26.7 Å². The molecule has 3 N–H and O–H groups in total. The predicted octanol–water partition coefficient (Wildman–Crippen LogP) is 2.19. The Bertz CT molecular complexity index is 638. The summed E-state index contributed by atoms with van der Waals surface area (Å²) in [6, 6.07) is 0.958. The molecule has 0 aliphatic rings. The molecule has 2 amide bonds. The molecule has 10 heteroatoms. The fraction of sp³-hybridized carbons (Fsp3) is 0.273. The van der Waals surface area contributed by atoms with Crippen molar-refractivity contribution in [3.8, 4) is 0 Å². The Hall–Kier alpha value is -2.29. The third kappa shape index (κ3) is 3.43. The Kier molecular flexibility index (Phi) is 4.03. The second-order valence-corrected chi connectivity index (χ2v) is 5.12. The molecule has 0 atom stereocenters. The van der Waals surface area contributed by atoms with Gasteiger partial charge in [0.05, 0.1) is 5.54 Å². The highest BCUT2D eigenvalue weighted by Gasteiger charge is 2.28. The standard InChI is InChI=1S/C11H11ClF2N6O/c1-11(2,9-17-19-20-18-9)16-10(21)15-8-6(13)3-5(12)4-7(8)14/h3-4H,1-2H3,(H2,15,16,21)(H,17,18,19,20). The Morgan fingerprint density at radius 3 is 2.48 bits per heavy atom. The molecule has 0 fully saturated rings. The molecule has 0 unspecified atom stereocenters. The Morgan fingerprint density at radius 1 is 1.33 bits per heavy atom. The summed E-state index contributed by atoms with van der Waals surface area (Å²) in [5.41, 5.74) is -1.59. The van der Waals surface area contributed by atoms with Crippen molar-refractivity contribution in [3.05, 3.63) is 34.6 Å². The van der Waals surface area contributed by atoms with Gasteiger partial charge in [-0.2, -0.15) is 5.21 Å². The van der Waals surface area contributed by atoms with Gasteiger partial charge in [-0.25, -0.2) is 13.6 Å². The van der Waals surface area contributed by atoms with Crippen molar-refractivity contribution in [2.45, 2.75) is 19.4 Å². The predicted molar refractivity (Wildman–Crippen MR) is 70.7 cm³/mol. The van der Waals surface area contributed by atoms with Crippen molar-refractivity contribution in [1.29, 1.82) is 0 Å². The zero-order valence-electron chi connectivity index (χ0n) is 11.0. The van der Waals surface area contributed by atoms with Gasteiger partial charge in [0.2, 0.25) is 0 Å². The number of anilines is 1. The maximum absolute atomic E-state index is 13.6. The molecular weight excluding hydrogens is 306 g/mol. The first-order valence-corrected chi connectivity index (χ1v) is 6.15. The van der Waals surface area contributed by atoms with Crippen molar-refractivity contribution in [2.75, 3.05) is 5.32 Å². The zero-order chi connectivity index (χ0) is 15.6. The van der Waals surface area contributed by atoms with E-state index in [1.807, 2.05) is 0 Å². The summed E-state index contributed by atoms with van der Waals surface area (Å²) in [6.45, 7) is 3.21. The smallest absolute Gasteiger partial charge is 0.320 e. The van der Waals surface area contributed by atoms with Gasteiger partial charge in [-0.3, -0.25) is 0 Å². The first kappa shape index (κ1) is 15.1. The van der Waals surface area contributed by atoms with Gasteiger partial charge in [0.1, 0.15) is 5.69 Å². The molecule has 1 aromatic heterocycles. The van der Waals surface area contributed by atoms with Crippen LogP contribution in [-0.2, 0) is 5.54 Å². The SMILES string of the molecule is CC(C)(NC(=O)Nc1c(F)cc(Cl)cc1F)c1nn[nH]n1. The number of nitrogens with one attached hydrogen (secondary N) is 3. The minimum Gasteiger partial charge on any atom is -0.326 e. The van der Waals surface area contributed by atoms with E-state index in [-0.39, 0.29) is 10.8 Å². The Balaban J connectivity index is 2.13. The summed E-state index contributed by atoms with van der Waals surface area (Å²) >= 11 is 5.50. The minimum absolute atomic E-state index is 0.108. The van der Waals surface area contributed by atoms with E-state index in [1.165, 1.54) is 0 Å². The lowest BCUT2D eigenvalue weighted by atomic mass is 10.1. The summed E-state index contributed by atoms with van der Waals surface area (Å²) in [6.07, 6.45) is 0. The average Bonchev–Trinajstić information content (AvgIpc) is 2.87. The molecule has 0 radical (unpaired) electrons. The quantitative estimate of drug-likeness (QED) is 0.808. The number of halogens is 3. The lowest BCUT2D eigenvalue weighted by molar-refractivity contribution is 0.240. The lowest BCUT2D eigenvalue weighted by Gasteiger charge is -2.22. The number of H-pyrrole nitrogens is 1. The average molecular weight is 317 g/mol. The van der Waals surface area contributed by atoms with E-state index in [2.05, 4.69) is 31.3 Å². The van der Waals surface area contributed by atoms with E-state index < -0.39 is 28.9 Å². The number of tetrazole rings is 1. The van der Waals surface area contributed by atoms with Gasteiger partial charge in [0.25, 0.3) is 0 Å². The number of carbonyl (C=O) groups is 1. The number of amides is 2. The molecule has 112 valence electrons. The zero-order valence-corrected chi connectivity index (χ0v) is 11.8. The van der Waals surface area contributed by atoms with Crippen molar-refractivity contribution in [3.63, 3.8) is 0 Å². The summed E-state index contributed by atoms with van der Waals surface area (Å²) < 4.78 is 27.1. The van der Waals surface area contributed by atoms with Crippen LogP contribution in [0.2, 0.25) is 5.02 Å². The number of aromatic nitrogens is 4. The normalized spacial score (nSPS) is 11.3. The van der Waals surface area contributed by atoms with Gasteiger partial charge < -0.3 is 10.6 Å². The molecule has 0 saturated carbocycles. The molecule has 0 bridgehead atoms. The van der Waals surface area contributed by atoms with Crippen molar-refractivity contribution >= 4 is 23.3 Å². The molecular formula is C11H11ClF2N6O. The van der Waals surface area contributed by atoms with E-state index in [0.29, 0.717) is 0 Å². The fourth-order valence-electron chi connectivity index (χ4n) is 1.57. The van der Waals surface area contributed by atoms with Crippen LogP contribution in [0.25, 0.3) is 0 Å². The van der Waals surface area contributed by atoms with Crippen LogP contribution in [0.5, 0.6) is 0 Å². The summed E-state index contributed by atoms with van der Waals surface area (Å²) in [7, 11) is 0. The van der Waals surface area contributed by atoms with Crippen molar-refractivity contribution in [1.82, 2.24) is 25.9 Å². The first-order chi connectivity index (χ1) is 9.79. The molecule has 0 saturated heterocycles. The highest BCUT2D eigenvalue weighted by atomic mass is 35.5. The lowest BCUT2D eigenvalue weighted by Crippen LogP contribution is -2.44. The van der Waals surface area contributed by atoms with Gasteiger partial charge in [0.15, 0.2) is 17.5 Å². The number of hydrogen-bond acceptors (Lipinski definition) is 4. The number of benzene rings is 1. The van der Waals surface area contributed by atoms with Crippen LogP contribution in [0.15, 0.2) is 12.1 Å². The van der Waals surface area contributed by atoms with E-state index in [9.17, 15) is 13.6 Å². The van der Waals surface area contributed by atoms with Gasteiger partial charge >= 0.3 is 6.03 Å². The minimum atomic E-state index is -0.990. The molecule has 0 aliphatic heterocycles. The van der Waals surface area contributed by atoms with Crippen LogP contribution in [0.3, 0.4) is 0 Å². The number of hydrogen-bond donors (Lipinski definition) is 3. The number of urea groups is 1. The second kappa shape index (κ2) is 5.60. The Labute approximate surface area is 123 Å². The first-order valence-electron chi connectivity index (χ1n) is 5.77. The monoisotopic (exact) mass is 316 g/mol. The fourth-order valence-corrected chi connectivity index (χ4v) is 1.76. The molecule has 1 aromatic carbocycles. The van der Waals surface area contributed by atoms with E-state index in [0.717, 1.165) is 12.1 Å². The second-order valence-electron chi connectivity index (χ2n) is 4.68. The summed E-state index contributed by atoms with van der Waals surface area (Å²) in [4.78, 5) is 11.8.